The van der Waals surface area contributed by atoms with E-state index in [-0.39, 0.29) is 10.9 Å². The lowest BCUT2D eigenvalue weighted by molar-refractivity contribution is 0.415. The fourth-order valence-electron chi connectivity index (χ4n) is 1.93. The molecule has 0 aliphatic rings. The minimum Gasteiger partial charge on any atom is -0.497 e. The summed E-state index contributed by atoms with van der Waals surface area (Å²) in [7, 11) is 2.91. The number of ether oxygens (including phenoxy) is 2. The summed E-state index contributed by atoms with van der Waals surface area (Å²) in [4.78, 5) is 0. The maximum atomic E-state index is 14.5. The fraction of sp³-hybridized carbons (Fsp3) is 0.143. The van der Waals surface area contributed by atoms with Gasteiger partial charge in [0.25, 0.3) is 0 Å². The largest absolute Gasteiger partial charge is 0.497 e. The number of halogens is 2. The van der Waals surface area contributed by atoms with Crippen molar-refractivity contribution in [2.45, 2.75) is 0 Å². The molecule has 0 aromatic heterocycles. The minimum atomic E-state index is -3.82. The van der Waals surface area contributed by atoms with Crippen LogP contribution >= 0.6 is 0 Å². The van der Waals surface area contributed by atoms with Crippen molar-refractivity contribution in [3.05, 3.63) is 48.5 Å². The molecule has 2 rings (SSSR count). The predicted molar refractivity (Wildman–Crippen MR) is 73.2 cm³/mol. The third-order valence-corrected chi connectivity index (χ3v) is 3.02. The number of benzene rings is 2. The van der Waals surface area contributed by atoms with Crippen LogP contribution in [0.4, 0.5) is 8.63 Å². The first-order valence-corrected chi connectivity index (χ1v) is 5.88. The fourth-order valence-corrected chi connectivity index (χ4v) is 1.93. The highest BCUT2D eigenvalue weighted by Gasteiger charge is 2.28. The average molecular weight is 263 g/mol. The van der Waals surface area contributed by atoms with Gasteiger partial charge in [-0.1, -0.05) is 24.3 Å². The van der Waals surface area contributed by atoms with E-state index in [1.54, 1.807) is 24.3 Å². The zero-order valence-electron chi connectivity index (χ0n) is 10.8. The molecule has 100 valence electrons. The molecular weight excluding hydrogens is 249 g/mol. The molecule has 0 N–H and O–H groups in total. The zero-order valence-corrected chi connectivity index (χ0v) is 10.8. The van der Waals surface area contributed by atoms with Crippen molar-refractivity contribution in [1.82, 2.24) is 0 Å². The van der Waals surface area contributed by atoms with E-state index in [1.165, 1.54) is 38.5 Å². The van der Waals surface area contributed by atoms with Gasteiger partial charge in [0.2, 0.25) is 0 Å². The molecule has 2 nitrogen and oxygen atoms in total. The van der Waals surface area contributed by atoms with Crippen LogP contribution in [0, 0.1) is 0 Å². The van der Waals surface area contributed by atoms with Crippen molar-refractivity contribution in [1.29, 1.82) is 0 Å². The van der Waals surface area contributed by atoms with Gasteiger partial charge in [0.15, 0.2) is 0 Å². The summed E-state index contributed by atoms with van der Waals surface area (Å²) in [5, 5.41) is 0. The summed E-state index contributed by atoms with van der Waals surface area (Å²) < 4.78 is 38.9. The van der Waals surface area contributed by atoms with Crippen molar-refractivity contribution in [3.8, 4) is 11.5 Å². The third kappa shape index (κ3) is 2.70. The quantitative estimate of drug-likeness (QED) is 0.787. The molecule has 0 saturated heterocycles. The molecule has 0 radical (unpaired) electrons. The molecule has 0 amide bonds. The Labute approximate surface area is 111 Å². The van der Waals surface area contributed by atoms with Crippen LogP contribution in [0.5, 0.6) is 11.5 Å². The van der Waals surface area contributed by atoms with Gasteiger partial charge in [0, 0.05) is 0 Å². The Balaban J connectivity index is 2.44. The molecule has 0 aliphatic carbocycles. The third-order valence-electron chi connectivity index (χ3n) is 3.02. The van der Waals surface area contributed by atoms with Crippen molar-refractivity contribution in [2.24, 2.45) is 0 Å². The Morgan fingerprint density at radius 1 is 0.789 bits per heavy atom. The van der Waals surface area contributed by atoms with Gasteiger partial charge in [-0.25, -0.2) is 0 Å². The van der Waals surface area contributed by atoms with Crippen molar-refractivity contribution < 1.29 is 18.1 Å². The first-order valence-electron chi connectivity index (χ1n) is 5.88. The first-order chi connectivity index (χ1) is 9.07. The van der Waals surface area contributed by atoms with Crippen LogP contribution in [-0.4, -0.2) is 20.9 Å². The van der Waals surface area contributed by atoms with Crippen LogP contribution in [0.1, 0.15) is 0 Å². The van der Waals surface area contributed by atoms with Gasteiger partial charge >= 0.3 is 6.70 Å². The number of rotatable bonds is 4. The smallest absolute Gasteiger partial charge is 0.362 e. The van der Waals surface area contributed by atoms with Crippen LogP contribution in [0.3, 0.4) is 0 Å². The van der Waals surface area contributed by atoms with Crippen LogP contribution in [0.2, 0.25) is 0 Å². The molecule has 2 aromatic carbocycles. The van der Waals surface area contributed by atoms with Crippen LogP contribution < -0.4 is 20.4 Å². The molecule has 0 aliphatic heterocycles. The average Bonchev–Trinajstić information content (AvgIpc) is 2.47. The summed E-state index contributed by atoms with van der Waals surface area (Å²) in [6, 6.07) is 11.9. The zero-order chi connectivity index (χ0) is 13.9. The lowest BCUT2D eigenvalue weighted by Crippen LogP contribution is -2.50. The second-order valence-corrected chi connectivity index (χ2v) is 4.22. The van der Waals surface area contributed by atoms with Gasteiger partial charge in [-0.15, -0.1) is 10.9 Å². The molecule has 0 fully saturated rings. The highest BCUT2D eigenvalue weighted by molar-refractivity contribution is 6.91. The Morgan fingerprint density at radius 2 is 1.21 bits per heavy atom. The molecule has 2 aromatic rings. The molecule has 19 heavy (non-hydrogen) atoms. The maximum absolute atomic E-state index is 14.5. The summed E-state index contributed by atoms with van der Waals surface area (Å²) in [6.45, 7) is -3.82. The van der Waals surface area contributed by atoms with Crippen molar-refractivity contribution in [2.75, 3.05) is 14.2 Å². The standard InChI is InChI=1S/C14H14BF2O2/c1-18-13-7-3-5-11(9-13)15(16,17)12-6-4-8-14(10-12)19-2/h3-10H,1-2H3/q-1. The van der Waals surface area contributed by atoms with Gasteiger partial charge in [0.1, 0.15) is 11.5 Å². The molecule has 0 bridgehead atoms. The van der Waals surface area contributed by atoms with E-state index in [1.807, 2.05) is 0 Å². The van der Waals surface area contributed by atoms with E-state index in [0.29, 0.717) is 11.5 Å². The van der Waals surface area contributed by atoms with E-state index < -0.39 is 6.70 Å². The van der Waals surface area contributed by atoms with E-state index in [0.717, 1.165) is 0 Å². The Bertz CT molecular complexity index is 523. The summed E-state index contributed by atoms with van der Waals surface area (Å²) >= 11 is 0. The normalized spacial score (nSPS) is 11.2. The lowest BCUT2D eigenvalue weighted by atomic mass is 9.53. The topological polar surface area (TPSA) is 18.5 Å². The van der Waals surface area contributed by atoms with Crippen LogP contribution in [0.25, 0.3) is 0 Å². The van der Waals surface area contributed by atoms with Gasteiger partial charge in [-0.2, -0.15) is 0 Å². The van der Waals surface area contributed by atoms with Crippen LogP contribution in [-0.2, 0) is 0 Å². The molecule has 0 unspecified atom stereocenters. The Hall–Kier alpha value is -2.04. The number of hydrogen-bond donors (Lipinski definition) is 0. The number of methoxy groups -OCH3 is 2. The van der Waals surface area contributed by atoms with E-state index in [2.05, 4.69) is 0 Å². The molecule has 0 atom stereocenters. The number of hydrogen-bond acceptors (Lipinski definition) is 2. The molecule has 0 spiro atoms. The second kappa shape index (κ2) is 5.30. The second-order valence-electron chi connectivity index (χ2n) is 4.22. The molecular formula is C14H14BF2O2-. The summed E-state index contributed by atoms with van der Waals surface area (Å²) in [6.07, 6.45) is 0. The molecule has 0 saturated carbocycles. The van der Waals surface area contributed by atoms with Gasteiger partial charge in [0.05, 0.1) is 14.2 Å². The van der Waals surface area contributed by atoms with Crippen molar-refractivity contribution >= 4 is 17.6 Å². The van der Waals surface area contributed by atoms with Crippen LogP contribution in [0.15, 0.2) is 48.5 Å². The minimum absolute atomic E-state index is 0.0485. The summed E-state index contributed by atoms with van der Waals surface area (Å²) in [5.41, 5.74) is -0.0970. The Morgan fingerprint density at radius 3 is 1.58 bits per heavy atom. The molecule has 0 heterocycles. The highest BCUT2D eigenvalue weighted by atomic mass is 19.2. The predicted octanol–water partition coefficient (Wildman–Crippen LogP) is 2.20. The van der Waals surface area contributed by atoms with E-state index in [4.69, 9.17) is 9.47 Å². The lowest BCUT2D eigenvalue weighted by Gasteiger charge is -2.26. The molecule has 5 heteroatoms. The maximum Gasteiger partial charge on any atom is 0.362 e. The highest BCUT2D eigenvalue weighted by Crippen LogP contribution is 2.16. The summed E-state index contributed by atoms with van der Waals surface area (Å²) in [5.74, 6) is 0.837. The SMILES string of the molecule is COc1cccc([B-](F)(F)c2cccc(OC)c2)c1. The van der Waals surface area contributed by atoms with Gasteiger partial charge in [-0.05, 0) is 24.3 Å². The van der Waals surface area contributed by atoms with Gasteiger partial charge in [-0.3, -0.25) is 0 Å². The van der Waals surface area contributed by atoms with E-state index in [9.17, 15) is 8.63 Å². The van der Waals surface area contributed by atoms with Crippen molar-refractivity contribution in [3.63, 3.8) is 0 Å². The Kier molecular flexibility index (Phi) is 3.74. The monoisotopic (exact) mass is 263 g/mol. The van der Waals surface area contributed by atoms with E-state index >= 15 is 0 Å². The first kappa shape index (κ1) is 13.4. The van der Waals surface area contributed by atoms with Gasteiger partial charge < -0.3 is 18.1 Å².